The number of nitrogens with zero attached hydrogens (tertiary/aromatic N) is 2. The summed E-state index contributed by atoms with van der Waals surface area (Å²) in [5, 5.41) is 8.32. The van der Waals surface area contributed by atoms with Crippen molar-refractivity contribution in [3.63, 3.8) is 0 Å². The second-order valence-electron chi connectivity index (χ2n) is 5.26. The highest BCUT2D eigenvalue weighted by atomic mass is 35.5. The first-order chi connectivity index (χ1) is 12.1. The van der Waals surface area contributed by atoms with Crippen molar-refractivity contribution in [2.45, 2.75) is 11.4 Å². The Balaban J connectivity index is 1.81. The summed E-state index contributed by atoms with van der Waals surface area (Å²) >= 11 is 13.7. The van der Waals surface area contributed by atoms with Gasteiger partial charge in [0.2, 0.25) is 0 Å². The number of halogens is 2. The van der Waals surface area contributed by atoms with Crippen molar-refractivity contribution < 1.29 is 4.79 Å². The molecule has 0 aliphatic heterocycles. The van der Waals surface area contributed by atoms with Gasteiger partial charge in [0.25, 0.3) is 5.91 Å². The van der Waals surface area contributed by atoms with Gasteiger partial charge in [-0.2, -0.15) is 5.10 Å². The van der Waals surface area contributed by atoms with Gasteiger partial charge in [0.1, 0.15) is 5.82 Å². The van der Waals surface area contributed by atoms with Gasteiger partial charge in [0.05, 0.1) is 18.3 Å². The third kappa shape index (κ3) is 4.18. The number of benzene rings is 2. The first-order valence-electron chi connectivity index (χ1n) is 7.48. The zero-order valence-electron chi connectivity index (χ0n) is 13.4. The van der Waals surface area contributed by atoms with E-state index in [4.69, 9.17) is 23.2 Å². The minimum absolute atomic E-state index is 0.172. The SMILES string of the molecule is CSc1ccccc1C(=O)Nc1ccnn1Cc1ccc(Cl)cc1Cl. The Morgan fingerprint density at radius 2 is 2.00 bits per heavy atom. The van der Waals surface area contributed by atoms with Crippen LogP contribution >= 0.6 is 35.0 Å². The molecule has 0 saturated heterocycles. The van der Waals surface area contributed by atoms with Gasteiger partial charge in [-0.25, -0.2) is 4.68 Å². The molecule has 0 spiro atoms. The van der Waals surface area contributed by atoms with E-state index in [9.17, 15) is 4.79 Å². The fraction of sp³-hybridized carbons (Fsp3) is 0.111. The molecule has 0 unspecified atom stereocenters. The predicted molar refractivity (Wildman–Crippen MR) is 104 cm³/mol. The van der Waals surface area contributed by atoms with Crippen LogP contribution in [0, 0.1) is 0 Å². The standard InChI is InChI=1S/C18H15Cl2N3OS/c1-25-16-5-3-2-4-14(16)18(24)22-17-8-9-21-23(17)11-12-6-7-13(19)10-15(12)20/h2-10H,11H2,1H3,(H,22,24). The van der Waals surface area contributed by atoms with Gasteiger partial charge in [-0.1, -0.05) is 41.4 Å². The van der Waals surface area contributed by atoms with Crippen LogP contribution in [-0.4, -0.2) is 21.9 Å². The van der Waals surface area contributed by atoms with Gasteiger partial charge in [0.15, 0.2) is 0 Å². The lowest BCUT2D eigenvalue weighted by Crippen LogP contribution is -2.17. The van der Waals surface area contributed by atoms with Crippen molar-refractivity contribution in [3.8, 4) is 0 Å². The second kappa shape index (κ2) is 7.95. The third-order valence-electron chi connectivity index (χ3n) is 3.64. The Morgan fingerprint density at radius 1 is 1.20 bits per heavy atom. The minimum atomic E-state index is -0.172. The van der Waals surface area contributed by atoms with Crippen LogP contribution in [-0.2, 0) is 6.54 Å². The predicted octanol–water partition coefficient (Wildman–Crippen LogP) is 5.21. The molecule has 2 aromatic carbocycles. The van der Waals surface area contributed by atoms with Crippen LogP contribution in [0.5, 0.6) is 0 Å². The highest BCUT2D eigenvalue weighted by molar-refractivity contribution is 7.98. The monoisotopic (exact) mass is 391 g/mol. The van der Waals surface area contributed by atoms with Gasteiger partial charge in [-0.05, 0) is 36.1 Å². The summed E-state index contributed by atoms with van der Waals surface area (Å²) in [6.45, 7) is 0.433. The van der Waals surface area contributed by atoms with Crippen LogP contribution in [0.2, 0.25) is 10.0 Å². The fourth-order valence-electron chi connectivity index (χ4n) is 2.39. The maximum atomic E-state index is 12.6. The average Bonchev–Trinajstić information content (AvgIpc) is 3.04. The molecular formula is C18H15Cl2N3OS. The molecule has 0 aliphatic carbocycles. The van der Waals surface area contributed by atoms with Gasteiger partial charge in [0, 0.05) is 21.0 Å². The number of aromatic nitrogens is 2. The van der Waals surface area contributed by atoms with Crippen LogP contribution in [0.15, 0.2) is 59.6 Å². The molecule has 0 fully saturated rings. The van der Waals surface area contributed by atoms with Crippen LogP contribution < -0.4 is 5.32 Å². The van der Waals surface area contributed by atoms with Crippen LogP contribution in [0.1, 0.15) is 15.9 Å². The molecule has 25 heavy (non-hydrogen) atoms. The summed E-state index contributed by atoms with van der Waals surface area (Å²) in [5.74, 6) is 0.431. The molecule has 1 amide bonds. The molecule has 0 radical (unpaired) electrons. The summed E-state index contributed by atoms with van der Waals surface area (Å²) in [6.07, 6.45) is 3.58. The molecule has 7 heteroatoms. The van der Waals surface area contributed by atoms with Crippen LogP contribution in [0.3, 0.4) is 0 Å². The van der Waals surface area contributed by atoms with Crippen molar-refractivity contribution in [1.82, 2.24) is 9.78 Å². The minimum Gasteiger partial charge on any atom is -0.307 e. The number of carbonyl (C=O) groups excluding carboxylic acids is 1. The molecule has 0 bridgehead atoms. The molecule has 1 N–H and O–H groups in total. The highest BCUT2D eigenvalue weighted by Crippen LogP contribution is 2.24. The van der Waals surface area contributed by atoms with Gasteiger partial charge >= 0.3 is 0 Å². The number of hydrogen-bond acceptors (Lipinski definition) is 3. The second-order valence-corrected chi connectivity index (χ2v) is 6.96. The summed E-state index contributed by atoms with van der Waals surface area (Å²) in [4.78, 5) is 13.5. The molecule has 0 atom stereocenters. The van der Waals surface area contributed by atoms with E-state index in [1.54, 1.807) is 35.1 Å². The summed E-state index contributed by atoms with van der Waals surface area (Å²) < 4.78 is 1.69. The zero-order valence-corrected chi connectivity index (χ0v) is 15.7. The number of carbonyl (C=O) groups is 1. The lowest BCUT2D eigenvalue weighted by molar-refractivity contribution is 0.102. The van der Waals surface area contributed by atoms with E-state index in [2.05, 4.69) is 10.4 Å². The largest absolute Gasteiger partial charge is 0.307 e. The van der Waals surface area contributed by atoms with Crippen molar-refractivity contribution in [2.75, 3.05) is 11.6 Å². The van der Waals surface area contributed by atoms with Gasteiger partial charge in [-0.15, -0.1) is 11.8 Å². The Labute approximate surface area is 160 Å². The van der Waals surface area contributed by atoms with Crippen LogP contribution in [0.4, 0.5) is 5.82 Å². The smallest absolute Gasteiger partial charge is 0.257 e. The molecule has 4 nitrogen and oxygen atoms in total. The van der Waals surface area contributed by atoms with Crippen molar-refractivity contribution in [3.05, 3.63) is 75.9 Å². The van der Waals surface area contributed by atoms with Gasteiger partial charge < -0.3 is 5.32 Å². The van der Waals surface area contributed by atoms with Crippen LogP contribution in [0.25, 0.3) is 0 Å². The van der Waals surface area contributed by atoms with E-state index in [0.29, 0.717) is 28.0 Å². The Hall–Kier alpha value is -1.95. The fourth-order valence-corrected chi connectivity index (χ4v) is 3.46. The average molecular weight is 392 g/mol. The Bertz CT molecular complexity index is 911. The highest BCUT2D eigenvalue weighted by Gasteiger charge is 2.13. The Morgan fingerprint density at radius 3 is 2.76 bits per heavy atom. The number of anilines is 1. The van der Waals surface area contributed by atoms with E-state index in [-0.39, 0.29) is 5.91 Å². The molecule has 1 heterocycles. The van der Waals surface area contributed by atoms with E-state index in [1.165, 1.54) is 11.8 Å². The lowest BCUT2D eigenvalue weighted by Gasteiger charge is -2.11. The quantitative estimate of drug-likeness (QED) is 0.606. The normalized spacial score (nSPS) is 10.7. The molecule has 1 aromatic heterocycles. The maximum absolute atomic E-state index is 12.6. The molecule has 0 aliphatic rings. The molecule has 3 aromatic rings. The number of rotatable bonds is 5. The summed E-state index contributed by atoms with van der Waals surface area (Å²) in [6, 6.07) is 14.6. The lowest BCUT2D eigenvalue weighted by atomic mass is 10.2. The number of amides is 1. The molecule has 3 rings (SSSR count). The van der Waals surface area contributed by atoms with E-state index in [1.807, 2.05) is 30.5 Å². The third-order valence-corrected chi connectivity index (χ3v) is 5.03. The summed E-state index contributed by atoms with van der Waals surface area (Å²) in [5.41, 5.74) is 1.50. The van der Waals surface area contributed by atoms with Crippen molar-refractivity contribution >= 4 is 46.7 Å². The first-order valence-corrected chi connectivity index (χ1v) is 9.46. The van der Waals surface area contributed by atoms with E-state index in [0.717, 1.165) is 10.5 Å². The van der Waals surface area contributed by atoms with E-state index >= 15 is 0 Å². The Kier molecular flexibility index (Phi) is 5.68. The maximum Gasteiger partial charge on any atom is 0.257 e. The molecule has 0 saturated carbocycles. The first kappa shape index (κ1) is 17.9. The number of thioether (sulfide) groups is 1. The van der Waals surface area contributed by atoms with Crippen molar-refractivity contribution in [2.24, 2.45) is 0 Å². The topological polar surface area (TPSA) is 46.9 Å². The van der Waals surface area contributed by atoms with E-state index < -0.39 is 0 Å². The van der Waals surface area contributed by atoms with Gasteiger partial charge in [-0.3, -0.25) is 4.79 Å². The molecular weight excluding hydrogens is 377 g/mol. The zero-order chi connectivity index (χ0) is 17.8. The number of nitrogens with one attached hydrogen (secondary N) is 1. The molecule has 128 valence electrons. The van der Waals surface area contributed by atoms with Crippen molar-refractivity contribution in [1.29, 1.82) is 0 Å². The number of hydrogen-bond donors (Lipinski definition) is 1. The summed E-state index contributed by atoms with van der Waals surface area (Å²) in [7, 11) is 0.